The van der Waals surface area contributed by atoms with Crippen LogP contribution in [-0.2, 0) is 11.2 Å². The van der Waals surface area contributed by atoms with Gasteiger partial charge in [0.15, 0.2) is 0 Å². The van der Waals surface area contributed by atoms with Crippen molar-refractivity contribution in [3.63, 3.8) is 0 Å². The molecule has 0 amide bonds. The molecule has 0 spiro atoms. The zero-order chi connectivity index (χ0) is 9.14. The summed E-state index contributed by atoms with van der Waals surface area (Å²) in [6.45, 7) is 3.20. The molecule has 0 heterocycles. The minimum atomic E-state index is -0.242. The van der Waals surface area contributed by atoms with Crippen molar-refractivity contribution >= 4 is 5.78 Å². The van der Waals surface area contributed by atoms with Crippen LogP contribution in [0.25, 0.3) is 0 Å². The highest BCUT2D eigenvalue weighted by atomic mass is 19.1. The number of carbonyl (C=O) groups is 1. The number of hydrogen-bond acceptors (Lipinski definition) is 1. The number of Topliss-reactive ketones (excluding diaryl/α,β-unsaturated/α-hetero) is 1. The maximum absolute atomic E-state index is 12.9. The summed E-state index contributed by atoms with van der Waals surface area (Å²) in [5.41, 5.74) is 1.35. The predicted molar refractivity (Wildman–Crippen MR) is 45.5 cm³/mol. The predicted octanol–water partition coefficient (Wildman–Crippen LogP) is 2.27. The van der Waals surface area contributed by atoms with Crippen molar-refractivity contribution in [2.24, 2.45) is 0 Å². The molecule has 1 nitrogen and oxygen atoms in total. The average molecular weight is 166 g/mol. The zero-order valence-electron chi connectivity index (χ0n) is 7.23. The summed E-state index contributed by atoms with van der Waals surface area (Å²) in [7, 11) is 0. The molecule has 1 aromatic rings. The fourth-order valence-corrected chi connectivity index (χ4v) is 1.03. The van der Waals surface area contributed by atoms with Crippen LogP contribution in [0, 0.1) is 12.7 Å². The van der Waals surface area contributed by atoms with Gasteiger partial charge in [-0.25, -0.2) is 4.39 Å². The van der Waals surface area contributed by atoms with Gasteiger partial charge in [0.25, 0.3) is 0 Å². The lowest BCUT2D eigenvalue weighted by Crippen LogP contribution is -1.97. The third-order valence-electron chi connectivity index (χ3n) is 1.69. The molecule has 0 unspecified atom stereocenters. The first kappa shape index (κ1) is 8.91. The van der Waals surface area contributed by atoms with Crippen molar-refractivity contribution in [1.82, 2.24) is 0 Å². The van der Waals surface area contributed by atoms with E-state index in [2.05, 4.69) is 0 Å². The Kier molecular flexibility index (Phi) is 2.58. The molecule has 12 heavy (non-hydrogen) atoms. The molecule has 1 aromatic carbocycles. The molecule has 0 radical (unpaired) electrons. The Hall–Kier alpha value is -1.18. The van der Waals surface area contributed by atoms with Crippen molar-refractivity contribution in [3.05, 3.63) is 35.1 Å². The quantitative estimate of drug-likeness (QED) is 0.658. The smallest absolute Gasteiger partial charge is 0.134 e. The second-order valence-corrected chi connectivity index (χ2v) is 2.96. The van der Waals surface area contributed by atoms with Gasteiger partial charge in [0.2, 0.25) is 0 Å². The number of rotatable bonds is 2. The van der Waals surface area contributed by atoms with Crippen molar-refractivity contribution in [2.45, 2.75) is 20.3 Å². The van der Waals surface area contributed by atoms with Crippen molar-refractivity contribution in [2.75, 3.05) is 0 Å². The SMILES string of the molecule is CC(=O)Cc1ccc(C)c(F)c1. The second kappa shape index (κ2) is 3.48. The van der Waals surface area contributed by atoms with Gasteiger partial charge < -0.3 is 0 Å². The van der Waals surface area contributed by atoms with Gasteiger partial charge in [-0.05, 0) is 31.0 Å². The van der Waals surface area contributed by atoms with Crippen molar-refractivity contribution in [3.8, 4) is 0 Å². The van der Waals surface area contributed by atoms with Crippen LogP contribution in [0.2, 0.25) is 0 Å². The molecule has 0 N–H and O–H groups in total. The minimum absolute atomic E-state index is 0.0539. The summed E-state index contributed by atoms with van der Waals surface area (Å²) in [4.78, 5) is 10.7. The molecular formula is C10H11FO. The molecule has 0 aliphatic carbocycles. The summed E-state index contributed by atoms with van der Waals surface area (Å²) in [6, 6.07) is 4.88. The standard InChI is InChI=1S/C10H11FO/c1-7-3-4-9(5-8(2)12)6-10(7)11/h3-4,6H,5H2,1-2H3. The van der Waals surface area contributed by atoms with E-state index in [0.29, 0.717) is 12.0 Å². The molecule has 0 saturated carbocycles. The fourth-order valence-electron chi connectivity index (χ4n) is 1.03. The normalized spacial score (nSPS) is 9.92. The molecule has 1 rings (SSSR count). The van der Waals surface area contributed by atoms with Crippen LogP contribution in [-0.4, -0.2) is 5.78 Å². The van der Waals surface area contributed by atoms with E-state index in [-0.39, 0.29) is 11.6 Å². The Morgan fingerprint density at radius 1 is 1.50 bits per heavy atom. The zero-order valence-corrected chi connectivity index (χ0v) is 7.23. The van der Waals surface area contributed by atoms with Gasteiger partial charge in [-0.15, -0.1) is 0 Å². The number of ketones is 1. The maximum atomic E-state index is 12.9. The minimum Gasteiger partial charge on any atom is -0.300 e. The first-order chi connectivity index (χ1) is 5.59. The molecular weight excluding hydrogens is 155 g/mol. The van der Waals surface area contributed by atoms with Crippen LogP contribution >= 0.6 is 0 Å². The summed E-state index contributed by atoms with van der Waals surface area (Å²) in [5, 5.41) is 0. The van der Waals surface area contributed by atoms with Gasteiger partial charge in [-0.2, -0.15) is 0 Å². The van der Waals surface area contributed by atoms with Crippen LogP contribution in [0.1, 0.15) is 18.1 Å². The topological polar surface area (TPSA) is 17.1 Å². The molecule has 0 aliphatic rings. The van der Waals surface area contributed by atoms with Crippen LogP contribution in [0.15, 0.2) is 18.2 Å². The summed E-state index contributed by atoms with van der Waals surface area (Å²) in [6.07, 6.45) is 0.317. The molecule has 0 aromatic heterocycles. The Morgan fingerprint density at radius 2 is 2.17 bits per heavy atom. The first-order valence-electron chi connectivity index (χ1n) is 3.84. The van der Waals surface area contributed by atoms with E-state index in [1.807, 2.05) is 0 Å². The monoisotopic (exact) mass is 166 g/mol. The number of hydrogen-bond donors (Lipinski definition) is 0. The highest BCUT2D eigenvalue weighted by Gasteiger charge is 2.01. The Bertz CT molecular complexity index is 305. The van der Waals surface area contributed by atoms with Gasteiger partial charge in [-0.3, -0.25) is 4.79 Å². The second-order valence-electron chi connectivity index (χ2n) is 2.96. The first-order valence-corrected chi connectivity index (χ1v) is 3.84. The van der Waals surface area contributed by atoms with E-state index in [1.165, 1.54) is 13.0 Å². The van der Waals surface area contributed by atoms with Crippen LogP contribution < -0.4 is 0 Å². The Morgan fingerprint density at radius 3 is 2.67 bits per heavy atom. The molecule has 0 fully saturated rings. The van der Waals surface area contributed by atoms with Gasteiger partial charge in [-0.1, -0.05) is 12.1 Å². The van der Waals surface area contributed by atoms with E-state index in [9.17, 15) is 9.18 Å². The molecule has 2 heteroatoms. The van der Waals surface area contributed by atoms with Crippen molar-refractivity contribution < 1.29 is 9.18 Å². The van der Waals surface area contributed by atoms with Gasteiger partial charge in [0.05, 0.1) is 0 Å². The van der Waals surface area contributed by atoms with Gasteiger partial charge >= 0.3 is 0 Å². The largest absolute Gasteiger partial charge is 0.300 e. The number of benzene rings is 1. The lowest BCUT2D eigenvalue weighted by molar-refractivity contribution is -0.116. The van der Waals surface area contributed by atoms with Gasteiger partial charge in [0, 0.05) is 6.42 Å². The van der Waals surface area contributed by atoms with E-state index < -0.39 is 0 Å². The molecule has 0 aliphatic heterocycles. The number of aryl methyl sites for hydroxylation is 1. The van der Waals surface area contributed by atoms with Crippen LogP contribution in [0.5, 0.6) is 0 Å². The lowest BCUT2D eigenvalue weighted by atomic mass is 10.1. The van der Waals surface area contributed by atoms with Crippen LogP contribution in [0.4, 0.5) is 4.39 Å². The molecule has 0 saturated heterocycles. The Balaban J connectivity index is 2.89. The highest BCUT2D eigenvalue weighted by Crippen LogP contribution is 2.09. The highest BCUT2D eigenvalue weighted by molar-refractivity contribution is 5.78. The van der Waals surface area contributed by atoms with E-state index in [0.717, 1.165) is 5.56 Å². The third-order valence-corrected chi connectivity index (χ3v) is 1.69. The number of halogens is 1. The van der Waals surface area contributed by atoms with E-state index >= 15 is 0 Å². The van der Waals surface area contributed by atoms with Gasteiger partial charge in [0.1, 0.15) is 11.6 Å². The van der Waals surface area contributed by atoms with Crippen molar-refractivity contribution in [1.29, 1.82) is 0 Å². The summed E-state index contributed by atoms with van der Waals surface area (Å²) < 4.78 is 12.9. The van der Waals surface area contributed by atoms with E-state index in [4.69, 9.17) is 0 Å². The fraction of sp³-hybridized carbons (Fsp3) is 0.300. The average Bonchev–Trinajstić information content (AvgIpc) is 1.96. The lowest BCUT2D eigenvalue weighted by Gasteiger charge is -1.99. The Labute approximate surface area is 71.2 Å². The van der Waals surface area contributed by atoms with Crippen LogP contribution in [0.3, 0.4) is 0 Å². The van der Waals surface area contributed by atoms with E-state index in [1.54, 1.807) is 19.1 Å². The molecule has 0 bridgehead atoms. The summed E-state index contributed by atoms with van der Waals surface area (Å²) in [5.74, 6) is -0.188. The summed E-state index contributed by atoms with van der Waals surface area (Å²) >= 11 is 0. The molecule has 64 valence electrons. The maximum Gasteiger partial charge on any atom is 0.134 e. The third kappa shape index (κ3) is 2.16. The number of carbonyl (C=O) groups excluding carboxylic acids is 1. The molecule has 0 atom stereocenters.